The monoisotopic (exact) mass is 287 g/mol. The van der Waals surface area contributed by atoms with Gasteiger partial charge < -0.3 is 10.1 Å². The van der Waals surface area contributed by atoms with Crippen LogP contribution in [0.25, 0.3) is 0 Å². The van der Waals surface area contributed by atoms with Crippen LogP contribution in [0.5, 0.6) is 5.75 Å². The lowest BCUT2D eigenvalue weighted by atomic mass is 10.1. The fourth-order valence-electron chi connectivity index (χ4n) is 2.02. The van der Waals surface area contributed by atoms with Crippen molar-refractivity contribution in [3.05, 3.63) is 59.4 Å². The van der Waals surface area contributed by atoms with Gasteiger partial charge in [0, 0.05) is 6.54 Å². The molecule has 2 nitrogen and oxygen atoms in total. The van der Waals surface area contributed by atoms with Crippen LogP contribution in [0.1, 0.15) is 25.0 Å². The van der Waals surface area contributed by atoms with Crippen LogP contribution < -0.4 is 10.1 Å². The summed E-state index contributed by atoms with van der Waals surface area (Å²) in [5.41, 5.74) is 2.96. The highest BCUT2D eigenvalue weighted by molar-refractivity contribution is 5.56. The Morgan fingerprint density at radius 2 is 1.90 bits per heavy atom. The Morgan fingerprint density at radius 3 is 2.67 bits per heavy atom. The summed E-state index contributed by atoms with van der Waals surface area (Å²) < 4.78 is 19.1. The number of anilines is 1. The van der Waals surface area contributed by atoms with Gasteiger partial charge in [-0.25, -0.2) is 4.39 Å². The predicted octanol–water partition coefficient (Wildman–Crippen LogP) is 4.78. The lowest BCUT2D eigenvalue weighted by Crippen LogP contribution is -2.08. The molecule has 0 aromatic heterocycles. The minimum absolute atomic E-state index is 0.207. The molecular formula is C18H22FNO. The van der Waals surface area contributed by atoms with Gasteiger partial charge in [0.25, 0.3) is 0 Å². The quantitative estimate of drug-likeness (QED) is 0.825. The average Bonchev–Trinajstić information content (AvgIpc) is 2.47. The summed E-state index contributed by atoms with van der Waals surface area (Å²) >= 11 is 0. The summed E-state index contributed by atoms with van der Waals surface area (Å²) in [6.07, 6.45) is 0. The second kappa shape index (κ2) is 7.11. The van der Waals surface area contributed by atoms with E-state index in [4.69, 9.17) is 4.74 Å². The van der Waals surface area contributed by atoms with E-state index >= 15 is 0 Å². The van der Waals surface area contributed by atoms with E-state index in [9.17, 15) is 4.39 Å². The molecule has 0 saturated heterocycles. The Bertz CT molecular complexity index is 596. The topological polar surface area (TPSA) is 21.3 Å². The Hall–Kier alpha value is -2.03. The maximum absolute atomic E-state index is 13.3. The van der Waals surface area contributed by atoms with Crippen molar-refractivity contribution in [2.75, 3.05) is 11.9 Å². The van der Waals surface area contributed by atoms with Crippen LogP contribution >= 0.6 is 0 Å². The fraction of sp³-hybridized carbons (Fsp3) is 0.333. The highest BCUT2D eigenvalue weighted by Gasteiger charge is 2.05. The van der Waals surface area contributed by atoms with Gasteiger partial charge >= 0.3 is 0 Å². The molecule has 1 N–H and O–H groups in total. The van der Waals surface area contributed by atoms with Gasteiger partial charge in [-0.3, -0.25) is 0 Å². The highest BCUT2D eigenvalue weighted by Crippen LogP contribution is 2.25. The van der Waals surface area contributed by atoms with Crippen molar-refractivity contribution < 1.29 is 9.13 Å². The summed E-state index contributed by atoms with van der Waals surface area (Å²) in [6.45, 7) is 7.47. The number of hydrogen-bond donors (Lipinski definition) is 1. The van der Waals surface area contributed by atoms with Gasteiger partial charge in [0.1, 0.15) is 11.6 Å². The number of rotatable bonds is 6. The number of nitrogens with one attached hydrogen (secondary N) is 1. The van der Waals surface area contributed by atoms with Crippen molar-refractivity contribution in [3.63, 3.8) is 0 Å². The van der Waals surface area contributed by atoms with Gasteiger partial charge in [0.15, 0.2) is 0 Å². The summed E-state index contributed by atoms with van der Waals surface area (Å²) in [5, 5.41) is 3.33. The number of para-hydroxylation sites is 2. The van der Waals surface area contributed by atoms with Gasteiger partial charge in [-0.1, -0.05) is 32.0 Å². The first-order valence-corrected chi connectivity index (χ1v) is 7.27. The molecule has 0 aliphatic rings. The Balaban J connectivity index is 2.07. The minimum Gasteiger partial charge on any atom is -0.491 e. The zero-order chi connectivity index (χ0) is 15.2. The van der Waals surface area contributed by atoms with Crippen LogP contribution in [0.4, 0.5) is 10.1 Å². The number of hydrogen-bond acceptors (Lipinski definition) is 2. The molecule has 0 spiro atoms. The third-order valence-corrected chi connectivity index (χ3v) is 3.24. The molecule has 112 valence electrons. The normalized spacial score (nSPS) is 10.7. The van der Waals surface area contributed by atoms with E-state index in [1.165, 1.54) is 6.07 Å². The molecule has 0 atom stereocenters. The van der Waals surface area contributed by atoms with Crippen LogP contribution in [0.15, 0.2) is 42.5 Å². The first-order chi connectivity index (χ1) is 10.1. The zero-order valence-electron chi connectivity index (χ0n) is 12.8. The molecule has 0 radical (unpaired) electrons. The van der Waals surface area contributed by atoms with E-state index in [2.05, 4.69) is 19.2 Å². The summed E-state index contributed by atoms with van der Waals surface area (Å²) in [7, 11) is 0. The maximum atomic E-state index is 13.3. The van der Waals surface area contributed by atoms with Gasteiger partial charge in [-0.05, 0) is 48.2 Å². The SMILES string of the molecule is Cc1ccc(F)cc1CNc1ccccc1OCC(C)C. The van der Waals surface area contributed by atoms with E-state index in [0.29, 0.717) is 19.1 Å². The van der Waals surface area contributed by atoms with Gasteiger partial charge in [0.2, 0.25) is 0 Å². The molecule has 0 fully saturated rings. The summed E-state index contributed by atoms with van der Waals surface area (Å²) in [4.78, 5) is 0. The largest absolute Gasteiger partial charge is 0.491 e. The van der Waals surface area contributed by atoms with Crippen LogP contribution in [-0.2, 0) is 6.54 Å². The number of benzene rings is 2. The lowest BCUT2D eigenvalue weighted by Gasteiger charge is -2.15. The zero-order valence-corrected chi connectivity index (χ0v) is 12.8. The van der Waals surface area contributed by atoms with E-state index in [1.807, 2.05) is 31.2 Å². The first-order valence-electron chi connectivity index (χ1n) is 7.27. The Kier molecular flexibility index (Phi) is 5.20. The highest BCUT2D eigenvalue weighted by atomic mass is 19.1. The second-order valence-electron chi connectivity index (χ2n) is 5.63. The van der Waals surface area contributed by atoms with Crippen LogP contribution in [-0.4, -0.2) is 6.61 Å². The van der Waals surface area contributed by atoms with E-state index in [0.717, 1.165) is 22.6 Å². The van der Waals surface area contributed by atoms with E-state index in [1.54, 1.807) is 12.1 Å². The van der Waals surface area contributed by atoms with Crippen molar-refractivity contribution in [2.24, 2.45) is 5.92 Å². The molecule has 3 heteroatoms. The predicted molar refractivity (Wildman–Crippen MR) is 85.2 cm³/mol. The molecule has 0 aliphatic heterocycles. The van der Waals surface area contributed by atoms with Crippen molar-refractivity contribution in [3.8, 4) is 5.75 Å². The second-order valence-corrected chi connectivity index (χ2v) is 5.63. The van der Waals surface area contributed by atoms with Gasteiger partial charge in [0.05, 0.1) is 12.3 Å². The molecule has 0 unspecified atom stereocenters. The van der Waals surface area contributed by atoms with Crippen molar-refractivity contribution in [1.82, 2.24) is 0 Å². The maximum Gasteiger partial charge on any atom is 0.142 e. The Morgan fingerprint density at radius 1 is 1.14 bits per heavy atom. The third kappa shape index (κ3) is 4.48. The van der Waals surface area contributed by atoms with Crippen LogP contribution in [0, 0.1) is 18.7 Å². The number of halogens is 1. The van der Waals surface area contributed by atoms with Crippen molar-refractivity contribution >= 4 is 5.69 Å². The van der Waals surface area contributed by atoms with Gasteiger partial charge in [-0.15, -0.1) is 0 Å². The fourth-order valence-corrected chi connectivity index (χ4v) is 2.02. The lowest BCUT2D eigenvalue weighted by molar-refractivity contribution is 0.272. The summed E-state index contributed by atoms with van der Waals surface area (Å²) in [6, 6.07) is 12.7. The Labute approximate surface area is 126 Å². The summed E-state index contributed by atoms with van der Waals surface area (Å²) in [5.74, 6) is 1.10. The molecule has 2 aromatic rings. The van der Waals surface area contributed by atoms with Crippen molar-refractivity contribution in [2.45, 2.75) is 27.3 Å². The molecule has 0 heterocycles. The molecule has 2 rings (SSSR count). The molecule has 0 saturated carbocycles. The standard InChI is InChI=1S/C18H22FNO/c1-13(2)12-21-18-7-5-4-6-17(18)20-11-15-10-16(19)9-8-14(15)3/h4-10,13,20H,11-12H2,1-3H3. The minimum atomic E-state index is -0.207. The molecule has 0 bridgehead atoms. The van der Waals surface area contributed by atoms with E-state index < -0.39 is 0 Å². The molecule has 2 aromatic carbocycles. The smallest absolute Gasteiger partial charge is 0.142 e. The molecule has 0 aliphatic carbocycles. The van der Waals surface area contributed by atoms with Gasteiger partial charge in [-0.2, -0.15) is 0 Å². The molecule has 0 amide bonds. The van der Waals surface area contributed by atoms with Crippen LogP contribution in [0.2, 0.25) is 0 Å². The van der Waals surface area contributed by atoms with Crippen LogP contribution in [0.3, 0.4) is 0 Å². The number of aryl methyl sites for hydroxylation is 1. The number of ether oxygens (including phenoxy) is 1. The first kappa shape index (κ1) is 15.4. The van der Waals surface area contributed by atoms with Crippen molar-refractivity contribution in [1.29, 1.82) is 0 Å². The van der Waals surface area contributed by atoms with E-state index in [-0.39, 0.29) is 5.82 Å². The molecule has 21 heavy (non-hydrogen) atoms. The molecular weight excluding hydrogens is 265 g/mol. The third-order valence-electron chi connectivity index (χ3n) is 3.24. The average molecular weight is 287 g/mol.